The molecule has 0 spiro atoms. The summed E-state index contributed by atoms with van der Waals surface area (Å²) in [5.41, 5.74) is -0.758. The number of carbonyl (C=O) groups is 1. The van der Waals surface area contributed by atoms with Crippen molar-refractivity contribution in [1.29, 1.82) is 0 Å². The van der Waals surface area contributed by atoms with Gasteiger partial charge in [0.05, 0.1) is 5.33 Å². The number of hydrogen-bond acceptors (Lipinski definition) is 1. The number of halogens is 2. The molecule has 4 fully saturated rings. The van der Waals surface area contributed by atoms with E-state index in [1.807, 2.05) is 0 Å². The van der Waals surface area contributed by atoms with E-state index in [4.69, 9.17) is 0 Å². The average molecular weight is 399 g/mol. The summed E-state index contributed by atoms with van der Waals surface area (Å²) in [6, 6.07) is 0. The first-order valence-corrected chi connectivity index (χ1v) is 11.3. The highest BCUT2D eigenvalue weighted by molar-refractivity contribution is 9.09. The molecule has 0 aromatic heterocycles. The number of fused-ring (bicyclic) bond motifs is 5. The molecule has 4 saturated carbocycles. The van der Waals surface area contributed by atoms with Crippen molar-refractivity contribution in [3.8, 4) is 0 Å². The Hall–Kier alpha value is 0.0800. The highest BCUT2D eigenvalue weighted by Gasteiger charge is 2.62. The number of alkyl halides is 2. The van der Waals surface area contributed by atoms with Gasteiger partial charge in [-0.1, -0.05) is 29.8 Å². The van der Waals surface area contributed by atoms with E-state index in [1.165, 1.54) is 6.42 Å². The monoisotopic (exact) mass is 398 g/mol. The first-order valence-electron chi connectivity index (χ1n) is 10.2. The van der Waals surface area contributed by atoms with E-state index in [-0.39, 0.29) is 17.3 Å². The zero-order valence-electron chi connectivity index (χ0n) is 15.2. The minimum absolute atomic E-state index is 0.136. The van der Waals surface area contributed by atoms with Crippen LogP contribution >= 0.6 is 15.9 Å². The molecule has 3 heteroatoms. The number of ketones is 1. The Kier molecular flexibility index (Phi) is 4.42. The van der Waals surface area contributed by atoms with Crippen molar-refractivity contribution < 1.29 is 9.18 Å². The topological polar surface area (TPSA) is 17.1 Å². The molecule has 1 nitrogen and oxygen atoms in total. The van der Waals surface area contributed by atoms with Crippen LogP contribution in [0.15, 0.2) is 0 Å². The van der Waals surface area contributed by atoms with Gasteiger partial charge in [-0.15, -0.1) is 0 Å². The lowest BCUT2D eigenvalue weighted by Gasteiger charge is -2.58. The normalized spacial score (nSPS) is 53.8. The summed E-state index contributed by atoms with van der Waals surface area (Å²) in [5.74, 6) is 3.00. The van der Waals surface area contributed by atoms with Gasteiger partial charge in [-0.3, -0.25) is 4.79 Å². The Labute approximate surface area is 154 Å². The van der Waals surface area contributed by atoms with Crippen molar-refractivity contribution in [1.82, 2.24) is 0 Å². The molecule has 0 saturated heterocycles. The molecule has 0 radical (unpaired) electrons. The largest absolute Gasteiger partial charge is 0.298 e. The molecule has 0 heterocycles. The molecule has 8 atom stereocenters. The smallest absolute Gasteiger partial charge is 0.147 e. The second kappa shape index (κ2) is 6.06. The molecule has 4 aliphatic rings. The minimum atomic E-state index is -0.895. The van der Waals surface area contributed by atoms with Crippen LogP contribution in [0.4, 0.5) is 4.39 Å². The van der Waals surface area contributed by atoms with Crippen molar-refractivity contribution in [2.45, 2.75) is 77.3 Å². The maximum absolute atomic E-state index is 16.2. The fourth-order valence-corrected chi connectivity index (χ4v) is 8.01. The van der Waals surface area contributed by atoms with Gasteiger partial charge < -0.3 is 0 Å². The lowest BCUT2D eigenvalue weighted by Crippen LogP contribution is -2.56. The fourth-order valence-electron chi connectivity index (χ4n) is 7.62. The first-order chi connectivity index (χ1) is 11.4. The van der Waals surface area contributed by atoms with Crippen molar-refractivity contribution in [3.63, 3.8) is 0 Å². The number of hydrogen-bond donors (Lipinski definition) is 0. The van der Waals surface area contributed by atoms with Gasteiger partial charge in [0.2, 0.25) is 0 Å². The predicted molar refractivity (Wildman–Crippen MR) is 98.9 cm³/mol. The lowest BCUT2D eigenvalue weighted by atomic mass is 9.48. The van der Waals surface area contributed by atoms with Crippen LogP contribution in [-0.2, 0) is 4.79 Å². The molecular weight excluding hydrogens is 367 g/mol. The molecule has 4 rings (SSSR count). The van der Waals surface area contributed by atoms with Crippen molar-refractivity contribution in [2.75, 3.05) is 5.33 Å². The average Bonchev–Trinajstić information content (AvgIpc) is 2.92. The van der Waals surface area contributed by atoms with E-state index in [9.17, 15) is 4.79 Å². The van der Waals surface area contributed by atoms with Crippen LogP contribution in [0.1, 0.15) is 71.6 Å². The highest BCUT2D eigenvalue weighted by atomic mass is 79.9. The summed E-state index contributed by atoms with van der Waals surface area (Å²) >= 11 is 3.38. The van der Waals surface area contributed by atoms with Crippen LogP contribution in [0, 0.1) is 40.9 Å². The van der Waals surface area contributed by atoms with Crippen LogP contribution < -0.4 is 0 Å². The molecule has 24 heavy (non-hydrogen) atoms. The summed E-state index contributed by atoms with van der Waals surface area (Å²) in [6.45, 7) is 4.66. The van der Waals surface area contributed by atoms with Crippen molar-refractivity contribution >= 4 is 21.7 Å². The van der Waals surface area contributed by atoms with Gasteiger partial charge in [-0.05, 0) is 92.8 Å². The Morgan fingerprint density at radius 2 is 1.88 bits per heavy atom. The fraction of sp³-hybridized carbons (Fsp3) is 0.952. The zero-order valence-corrected chi connectivity index (χ0v) is 16.8. The molecule has 0 bridgehead atoms. The third-order valence-corrected chi connectivity index (χ3v) is 9.36. The van der Waals surface area contributed by atoms with E-state index >= 15 is 4.39 Å². The van der Waals surface area contributed by atoms with E-state index < -0.39 is 5.67 Å². The molecule has 0 aliphatic heterocycles. The first kappa shape index (κ1) is 17.5. The molecular formula is C21H32BrFO. The lowest BCUT2D eigenvalue weighted by molar-refractivity contribution is -0.144. The predicted octanol–water partition coefficient (Wildman–Crippen LogP) is 5.95. The highest BCUT2D eigenvalue weighted by Crippen LogP contribution is 2.66. The number of Topliss-reactive ketones (excluding diaryl/α,β-unsaturated/α-hetero) is 1. The van der Waals surface area contributed by atoms with Crippen LogP contribution in [0.2, 0.25) is 0 Å². The van der Waals surface area contributed by atoms with Gasteiger partial charge in [0, 0.05) is 5.92 Å². The van der Waals surface area contributed by atoms with Gasteiger partial charge >= 0.3 is 0 Å². The molecule has 0 aromatic rings. The van der Waals surface area contributed by atoms with Gasteiger partial charge in [0.25, 0.3) is 0 Å². The standard InChI is InChI=1S/C21H32BrFO/c1-13-7-10-21(23)14(11-13)3-4-15-16-5-6-18(19(24)12-22)20(16,2)9-8-17(15)21/h13-18H,3-12H2,1-2H3. The van der Waals surface area contributed by atoms with Gasteiger partial charge in [-0.2, -0.15) is 0 Å². The van der Waals surface area contributed by atoms with Crippen LogP contribution in [0.5, 0.6) is 0 Å². The van der Waals surface area contributed by atoms with Gasteiger partial charge in [0.1, 0.15) is 11.5 Å². The van der Waals surface area contributed by atoms with Crippen LogP contribution in [0.3, 0.4) is 0 Å². The van der Waals surface area contributed by atoms with Crippen LogP contribution in [0.25, 0.3) is 0 Å². The summed E-state index contributed by atoms with van der Waals surface area (Å²) in [6.07, 6.45) is 9.55. The van der Waals surface area contributed by atoms with E-state index in [2.05, 4.69) is 29.8 Å². The molecule has 0 aromatic carbocycles. The molecule has 0 amide bonds. The summed E-state index contributed by atoms with van der Waals surface area (Å²) in [7, 11) is 0. The third kappa shape index (κ3) is 2.39. The number of carbonyl (C=O) groups excluding carboxylic acids is 1. The zero-order chi connectivity index (χ0) is 17.1. The Morgan fingerprint density at radius 1 is 1.08 bits per heavy atom. The Balaban J connectivity index is 1.60. The summed E-state index contributed by atoms with van der Waals surface area (Å²) in [4.78, 5) is 12.4. The van der Waals surface area contributed by atoms with Gasteiger partial charge in [-0.25, -0.2) is 4.39 Å². The Bertz CT molecular complexity index is 522. The summed E-state index contributed by atoms with van der Waals surface area (Å²) in [5, 5.41) is 0.487. The van der Waals surface area contributed by atoms with E-state index in [1.54, 1.807) is 0 Å². The van der Waals surface area contributed by atoms with Crippen molar-refractivity contribution in [2.24, 2.45) is 40.9 Å². The molecule has 0 N–H and O–H groups in total. The summed E-state index contributed by atoms with van der Waals surface area (Å²) < 4.78 is 16.2. The second-order valence-corrected chi connectivity index (χ2v) is 10.3. The maximum atomic E-state index is 16.2. The third-order valence-electron chi connectivity index (χ3n) is 8.81. The maximum Gasteiger partial charge on any atom is 0.147 e. The van der Waals surface area contributed by atoms with Crippen LogP contribution in [-0.4, -0.2) is 16.8 Å². The quantitative estimate of drug-likeness (QED) is 0.525. The van der Waals surface area contributed by atoms with E-state index in [0.29, 0.717) is 34.8 Å². The molecule has 8 unspecified atom stereocenters. The second-order valence-electron chi connectivity index (χ2n) is 9.73. The number of rotatable bonds is 2. The minimum Gasteiger partial charge on any atom is -0.298 e. The van der Waals surface area contributed by atoms with Crippen molar-refractivity contribution in [3.05, 3.63) is 0 Å². The Morgan fingerprint density at radius 3 is 2.62 bits per heavy atom. The molecule has 136 valence electrons. The van der Waals surface area contributed by atoms with E-state index in [0.717, 1.165) is 51.4 Å². The van der Waals surface area contributed by atoms with Gasteiger partial charge in [0.15, 0.2) is 0 Å². The molecule has 4 aliphatic carbocycles. The SMILES string of the molecule is CC1CCC2(F)C(CCC3C4CCC(C(=O)CBr)C4(C)CCC32)C1.